The van der Waals surface area contributed by atoms with Crippen LogP contribution in [0, 0.1) is 5.82 Å². The van der Waals surface area contributed by atoms with E-state index in [0.717, 1.165) is 0 Å². The lowest BCUT2D eigenvalue weighted by Crippen LogP contribution is -2.49. The largest absolute Gasteiger partial charge is 0.366 e. The van der Waals surface area contributed by atoms with Gasteiger partial charge in [-0.15, -0.1) is 0 Å². The van der Waals surface area contributed by atoms with Crippen LogP contribution in [0.15, 0.2) is 24.3 Å². The van der Waals surface area contributed by atoms with Crippen molar-refractivity contribution in [2.75, 3.05) is 44.7 Å². The quantitative estimate of drug-likeness (QED) is 0.885. The van der Waals surface area contributed by atoms with Gasteiger partial charge in [-0.3, -0.25) is 4.79 Å². The number of benzene rings is 1. The van der Waals surface area contributed by atoms with E-state index in [4.69, 9.17) is 0 Å². The lowest BCUT2D eigenvalue weighted by atomic mass is 10.2. The number of rotatable bonds is 4. The number of halogens is 1. The molecule has 1 amide bonds. The molecular formula is C14H20FN3O. The standard InChI is InChI=1S/C14H20FN3O/c1-16-7-6-14(19)18-10-8-17(9-11-18)13-5-3-2-4-12(13)15/h2-5,16H,6-11H2,1H3. The highest BCUT2D eigenvalue weighted by atomic mass is 19.1. The summed E-state index contributed by atoms with van der Waals surface area (Å²) in [6, 6.07) is 6.78. The summed E-state index contributed by atoms with van der Waals surface area (Å²) in [7, 11) is 1.84. The molecule has 1 fully saturated rings. The molecule has 0 radical (unpaired) electrons. The van der Waals surface area contributed by atoms with Crippen molar-refractivity contribution in [2.24, 2.45) is 0 Å². The fraction of sp³-hybridized carbons (Fsp3) is 0.500. The zero-order chi connectivity index (χ0) is 13.7. The monoisotopic (exact) mass is 265 g/mol. The average Bonchev–Trinajstić information content (AvgIpc) is 2.45. The van der Waals surface area contributed by atoms with E-state index in [9.17, 15) is 9.18 Å². The molecule has 5 heteroatoms. The van der Waals surface area contributed by atoms with E-state index in [0.29, 0.717) is 44.8 Å². The molecule has 104 valence electrons. The van der Waals surface area contributed by atoms with Gasteiger partial charge in [0.15, 0.2) is 0 Å². The number of amides is 1. The third-order valence-corrected chi connectivity index (χ3v) is 3.41. The van der Waals surface area contributed by atoms with Gasteiger partial charge < -0.3 is 15.1 Å². The molecule has 0 aromatic heterocycles. The maximum atomic E-state index is 13.7. The van der Waals surface area contributed by atoms with Gasteiger partial charge in [0.05, 0.1) is 5.69 Å². The highest BCUT2D eigenvalue weighted by Gasteiger charge is 2.21. The van der Waals surface area contributed by atoms with Crippen LogP contribution in [0.5, 0.6) is 0 Å². The van der Waals surface area contributed by atoms with Crippen molar-refractivity contribution in [3.63, 3.8) is 0 Å². The Kier molecular flexibility index (Phi) is 4.74. The minimum absolute atomic E-state index is 0.169. The minimum Gasteiger partial charge on any atom is -0.366 e. The second-order valence-electron chi connectivity index (χ2n) is 4.67. The molecule has 4 nitrogen and oxygen atoms in total. The molecule has 1 heterocycles. The average molecular weight is 265 g/mol. The van der Waals surface area contributed by atoms with Crippen molar-refractivity contribution in [2.45, 2.75) is 6.42 Å². The molecule has 2 rings (SSSR count). The Morgan fingerprint density at radius 1 is 1.26 bits per heavy atom. The van der Waals surface area contributed by atoms with Crippen molar-refractivity contribution in [1.82, 2.24) is 10.2 Å². The molecule has 19 heavy (non-hydrogen) atoms. The molecule has 1 N–H and O–H groups in total. The first-order valence-corrected chi connectivity index (χ1v) is 6.64. The third-order valence-electron chi connectivity index (χ3n) is 3.41. The molecule has 0 aliphatic carbocycles. The van der Waals surface area contributed by atoms with Crippen molar-refractivity contribution < 1.29 is 9.18 Å². The van der Waals surface area contributed by atoms with Crippen LogP contribution in [0.1, 0.15) is 6.42 Å². The summed E-state index contributed by atoms with van der Waals surface area (Å²) < 4.78 is 13.7. The zero-order valence-electron chi connectivity index (χ0n) is 11.2. The first-order chi connectivity index (χ1) is 9.22. The number of para-hydroxylation sites is 1. The molecule has 0 bridgehead atoms. The molecule has 0 atom stereocenters. The summed E-state index contributed by atoms with van der Waals surface area (Å²) in [5, 5.41) is 2.97. The van der Waals surface area contributed by atoms with Gasteiger partial charge in [-0.25, -0.2) is 4.39 Å². The SMILES string of the molecule is CNCCC(=O)N1CCN(c2ccccc2F)CC1. The van der Waals surface area contributed by atoms with Crippen LogP contribution >= 0.6 is 0 Å². The Balaban J connectivity index is 1.89. The Morgan fingerprint density at radius 3 is 2.58 bits per heavy atom. The van der Waals surface area contributed by atoms with Crippen LogP contribution < -0.4 is 10.2 Å². The normalized spacial score (nSPS) is 15.7. The van der Waals surface area contributed by atoms with E-state index in [1.165, 1.54) is 6.07 Å². The highest BCUT2D eigenvalue weighted by Crippen LogP contribution is 2.20. The number of piperazine rings is 1. The molecule has 1 aromatic rings. The number of nitrogens with zero attached hydrogens (tertiary/aromatic N) is 2. The number of hydrogen-bond acceptors (Lipinski definition) is 3. The van der Waals surface area contributed by atoms with E-state index in [1.807, 2.05) is 22.9 Å². The molecule has 1 aliphatic heterocycles. The topological polar surface area (TPSA) is 35.6 Å². The lowest BCUT2D eigenvalue weighted by Gasteiger charge is -2.36. The molecule has 0 unspecified atom stereocenters. The highest BCUT2D eigenvalue weighted by molar-refractivity contribution is 5.76. The van der Waals surface area contributed by atoms with E-state index < -0.39 is 0 Å². The fourth-order valence-electron chi connectivity index (χ4n) is 2.29. The lowest BCUT2D eigenvalue weighted by molar-refractivity contribution is -0.131. The van der Waals surface area contributed by atoms with Crippen LogP contribution in [-0.4, -0.2) is 50.6 Å². The van der Waals surface area contributed by atoms with Gasteiger partial charge in [0.1, 0.15) is 5.82 Å². The third kappa shape index (κ3) is 3.44. The maximum Gasteiger partial charge on any atom is 0.223 e. The first-order valence-electron chi connectivity index (χ1n) is 6.64. The summed E-state index contributed by atoms with van der Waals surface area (Å²) in [4.78, 5) is 15.7. The van der Waals surface area contributed by atoms with Gasteiger partial charge in [-0.2, -0.15) is 0 Å². The van der Waals surface area contributed by atoms with E-state index in [-0.39, 0.29) is 11.7 Å². The minimum atomic E-state index is -0.197. The predicted octanol–water partition coefficient (Wildman–Crippen LogP) is 1.08. The fourth-order valence-corrected chi connectivity index (χ4v) is 2.29. The number of hydrogen-bond donors (Lipinski definition) is 1. The van der Waals surface area contributed by atoms with E-state index in [2.05, 4.69) is 5.32 Å². The van der Waals surface area contributed by atoms with Gasteiger partial charge in [0.25, 0.3) is 0 Å². The van der Waals surface area contributed by atoms with Crippen molar-refractivity contribution in [1.29, 1.82) is 0 Å². The molecule has 1 aliphatic rings. The van der Waals surface area contributed by atoms with Gasteiger partial charge in [-0.05, 0) is 19.2 Å². The number of carbonyl (C=O) groups excluding carboxylic acids is 1. The summed E-state index contributed by atoms with van der Waals surface area (Å²) in [6.45, 7) is 3.40. The van der Waals surface area contributed by atoms with Crippen molar-refractivity contribution in [3.8, 4) is 0 Å². The summed E-state index contributed by atoms with van der Waals surface area (Å²) in [5.74, 6) is -0.0278. The van der Waals surface area contributed by atoms with Gasteiger partial charge >= 0.3 is 0 Å². The zero-order valence-corrected chi connectivity index (χ0v) is 11.2. The van der Waals surface area contributed by atoms with Crippen molar-refractivity contribution in [3.05, 3.63) is 30.1 Å². The summed E-state index contributed by atoms with van der Waals surface area (Å²) >= 11 is 0. The Morgan fingerprint density at radius 2 is 1.95 bits per heavy atom. The van der Waals surface area contributed by atoms with Crippen LogP contribution in [0.2, 0.25) is 0 Å². The number of anilines is 1. The first kappa shape index (κ1) is 13.8. The molecular weight excluding hydrogens is 245 g/mol. The van der Waals surface area contributed by atoms with Crippen LogP contribution in [0.25, 0.3) is 0 Å². The smallest absolute Gasteiger partial charge is 0.223 e. The van der Waals surface area contributed by atoms with Gasteiger partial charge in [-0.1, -0.05) is 12.1 Å². The van der Waals surface area contributed by atoms with E-state index in [1.54, 1.807) is 12.1 Å². The summed E-state index contributed by atoms with van der Waals surface area (Å²) in [5.41, 5.74) is 0.629. The molecule has 1 saturated heterocycles. The Hall–Kier alpha value is -1.62. The second-order valence-corrected chi connectivity index (χ2v) is 4.67. The molecule has 0 spiro atoms. The Bertz CT molecular complexity index is 430. The van der Waals surface area contributed by atoms with Crippen LogP contribution in [0.3, 0.4) is 0 Å². The van der Waals surface area contributed by atoms with Crippen molar-refractivity contribution >= 4 is 11.6 Å². The predicted molar refractivity (Wildman–Crippen MR) is 73.7 cm³/mol. The maximum absolute atomic E-state index is 13.7. The summed E-state index contributed by atoms with van der Waals surface area (Å²) in [6.07, 6.45) is 0.524. The number of nitrogens with one attached hydrogen (secondary N) is 1. The molecule has 0 saturated carbocycles. The molecule has 1 aromatic carbocycles. The van der Waals surface area contributed by atoms with Crippen LogP contribution in [0.4, 0.5) is 10.1 Å². The van der Waals surface area contributed by atoms with E-state index >= 15 is 0 Å². The van der Waals surface area contributed by atoms with Crippen LogP contribution in [-0.2, 0) is 4.79 Å². The number of carbonyl (C=O) groups is 1. The van der Waals surface area contributed by atoms with Gasteiger partial charge in [0.2, 0.25) is 5.91 Å². The van der Waals surface area contributed by atoms with Gasteiger partial charge in [0, 0.05) is 39.1 Å². The Labute approximate surface area is 113 Å². The second kappa shape index (κ2) is 6.52.